The lowest BCUT2D eigenvalue weighted by Gasteiger charge is -2.14. The van der Waals surface area contributed by atoms with Crippen LogP contribution in [-0.4, -0.2) is 19.5 Å². The van der Waals surface area contributed by atoms with E-state index in [9.17, 15) is 0 Å². The fourth-order valence-electron chi connectivity index (χ4n) is 7.96. The van der Waals surface area contributed by atoms with Gasteiger partial charge in [0.05, 0.1) is 16.7 Å². The van der Waals surface area contributed by atoms with Crippen molar-refractivity contribution in [3.8, 4) is 39.5 Å². The summed E-state index contributed by atoms with van der Waals surface area (Å²) in [6.45, 7) is 0. The van der Waals surface area contributed by atoms with Crippen molar-refractivity contribution >= 4 is 75.1 Å². The van der Waals surface area contributed by atoms with Gasteiger partial charge in [-0.1, -0.05) is 121 Å². The molecule has 11 rings (SSSR count). The van der Waals surface area contributed by atoms with Crippen LogP contribution in [0.5, 0.6) is 0 Å². The zero-order chi connectivity index (χ0) is 34.2. The van der Waals surface area contributed by atoms with Crippen molar-refractivity contribution in [2.75, 3.05) is 0 Å². The number of hydrogen-bond acceptors (Lipinski definition) is 4. The fourth-order valence-corrected chi connectivity index (χ4v) is 9.21. The number of para-hydroxylation sites is 1. The zero-order valence-corrected chi connectivity index (χ0v) is 28.7. The van der Waals surface area contributed by atoms with E-state index < -0.39 is 0 Å². The number of pyridine rings is 1. The lowest BCUT2D eigenvalue weighted by Crippen LogP contribution is -2.04. The summed E-state index contributed by atoms with van der Waals surface area (Å²) in [4.78, 5) is 15.6. The average Bonchev–Trinajstić information content (AvgIpc) is 3.78. The van der Waals surface area contributed by atoms with Crippen LogP contribution in [0.2, 0.25) is 0 Å². The van der Waals surface area contributed by atoms with Gasteiger partial charge >= 0.3 is 0 Å². The number of aromatic nitrogens is 4. The van der Waals surface area contributed by atoms with E-state index in [4.69, 9.17) is 15.0 Å². The minimum Gasteiger partial charge on any atom is -0.277 e. The summed E-state index contributed by atoms with van der Waals surface area (Å²) < 4.78 is 4.86. The molecule has 0 N–H and O–H groups in total. The Morgan fingerprint density at radius 1 is 0.442 bits per heavy atom. The monoisotopic (exact) mass is 680 g/mol. The Morgan fingerprint density at radius 2 is 1.04 bits per heavy atom. The van der Waals surface area contributed by atoms with Crippen LogP contribution < -0.4 is 0 Å². The van der Waals surface area contributed by atoms with Crippen LogP contribution in [0.4, 0.5) is 0 Å². The maximum Gasteiger partial charge on any atom is 0.237 e. The zero-order valence-electron chi connectivity index (χ0n) is 27.9. The molecule has 0 fully saturated rings. The minimum atomic E-state index is 0.600. The molecule has 0 aliphatic rings. The summed E-state index contributed by atoms with van der Waals surface area (Å²) in [5.74, 6) is 0.600. The molecule has 0 aliphatic carbocycles. The van der Waals surface area contributed by atoms with E-state index in [1.54, 1.807) is 0 Å². The lowest BCUT2D eigenvalue weighted by molar-refractivity contribution is 1.01. The quantitative estimate of drug-likeness (QED) is 0.186. The highest BCUT2D eigenvalue weighted by atomic mass is 32.1. The molecule has 11 aromatic rings. The molecule has 0 unspecified atom stereocenters. The number of hydrogen-bond donors (Lipinski definition) is 0. The molecule has 4 nitrogen and oxygen atoms in total. The summed E-state index contributed by atoms with van der Waals surface area (Å²) in [5, 5.41) is 8.28. The van der Waals surface area contributed by atoms with Crippen LogP contribution in [0.1, 0.15) is 0 Å². The predicted octanol–water partition coefficient (Wildman–Crippen LogP) is 12.6. The molecule has 4 aromatic heterocycles. The number of rotatable bonds is 4. The van der Waals surface area contributed by atoms with Gasteiger partial charge in [-0.25, -0.2) is 9.97 Å². The van der Waals surface area contributed by atoms with Crippen LogP contribution in [0.15, 0.2) is 170 Å². The standard InChI is InChI=1S/C47H28N4S/c1-3-14-29(15-4-1)31-26-32(30-16-5-2-6-17-30)28-33(27-31)43-38-22-13-25-48-46(38)50-47(49-43)51-39-23-11-9-20-36(39)41-42-37-21-10-12-24-40(37)52-45(42)35-19-8-7-18-34(35)44(41)51/h1-28H. The maximum absolute atomic E-state index is 5.53. The van der Waals surface area contributed by atoms with E-state index in [-0.39, 0.29) is 0 Å². The Kier molecular flexibility index (Phi) is 6.39. The Labute approximate surface area is 302 Å². The Balaban J connectivity index is 1.28. The third kappa shape index (κ3) is 4.36. The van der Waals surface area contributed by atoms with Crippen molar-refractivity contribution in [3.05, 3.63) is 170 Å². The SMILES string of the molecule is c1ccc(-c2cc(-c3ccccc3)cc(-c3nc(-n4c5ccccc5c5c6c7ccccc7sc6c6ccccc6c54)nc4ncccc34)c2)cc1. The predicted molar refractivity (Wildman–Crippen MR) is 218 cm³/mol. The molecule has 4 heterocycles. The topological polar surface area (TPSA) is 43.6 Å². The van der Waals surface area contributed by atoms with Gasteiger partial charge in [0, 0.05) is 58.9 Å². The van der Waals surface area contributed by atoms with Crippen molar-refractivity contribution in [2.45, 2.75) is 0 Å². The summed E-state index contributed by atoms with van der Waals surface area (Å²) in [5.41, 5.74) is 9.25. The molecule has 7 aromatic carbocycles. The highest BCUT2D eigenvalue weighted by molar-refractivity contribution is 7.27. The average molecular weight is 681 g/mol. The Bertz CT molecular complexity index is 3120. The second kappa shape index (κ2) is 11.4. The fraction of sp³-hybridized carbons (Fsp3) is 0. The number of benzene rings is 7. The van der Waals surface area contributed by atoms with Gasteiger partial charge < -0.3 is 0 Å². The van der Waals surface area contributed by atoms with Crippen LogP contribution in [-0.2, 0) is 0 Å². The summed E-state index contributed by atoms with van der Waals surface area (Å²) in [7, 11) is 0. The molecule has 242 valence electrons. The third-order valence-electron chi connectivity index (χ3n) is 10.2. The van der Waals surface area contributed by atoms with Crippen LogP contribution in [0, 0.1) is 0 Å². The van der Waals surface area contributed by atoms with Gasteiger partial charge in [-0.05, 0) is 64.7 Å². The van der Waals surface area contributed by atoms with Gasteiger partial charge in [-0.2, -0.15) is 4.98 Å². The molecule has 0 bridgehead atoms. The minimum absolute atomic E-state index is 0.600. The molecule has 5 heteroatoms. The molecule has 0 amide bonds. The van der Waals surface area contributed by atoms with Gasteiger partial charge in [0.15, 0.2) is 5.65 Å². The second-order valence-electron chi connectivity index (χ2n) is 13.2. The number of fused-ring (bicyclic) bond motifs is 11. The number of thiophene rings is 1. The third-order valence-corrected chi connectivity index (χ3v) is 11.4. The first-order valence-electron chi connectivity index (χ1n) is 17.4. The first kappa shape index (κ1) is 29.1. The summed E-state index contributed by atoms with van der Waals surface area (Å²) >= 11 is 1.87. The van der Waals surface area contributed by atoms with E-state index in [1.165, 1.54) is 41.7 Å². The van der Waals surface area contributed by atoms with Crippen molar-refractivity contribution in [2.24, 2.45) is 0 Å². The van der Waals surface area contributed by atoms with Crippen molar-refractivity contribution in [1.82, 2.24) is 19.5 Å². The van der Waals surface area contributed by atoms with E-state index in [2.05, 4.69) is 162 Å². The molecule has 0 radical (unpaired) electrons. The molecular weight excluding hydrogens is 653 g/mol. The van der Waals surface area contributed by atoms with Gasteiger partial charge in [0.25, 0.3) is 0 Å². The van der Waals surface area contributed by atoms with Crippen molar-refractivity contribution in [1.29, 1.82) is 0 Å². The molecule has 0 saturated heterocycles. The van der Waals surface area contributed by atoms with Gasteiger partial charge in [-0.15, -0.1) is 11.3 Å². The molecular formula is C47H28N4S. The second-order valence-corrected chi connectivity index (χ2v) is 14.3. The Hall–Kier alpha value is -6.69. The van der Waals surface area contributed by atoms with Crippen molar-refractivity contribution < 1.29 is 0 Å². The van der Waals surface area contributed by atoms with Crippen LogP contribution in [0.3, 0.4) is 0 Å². The Morgan fingerprint density at radius 3 is 1.79 bits per heavy atom. The first-order valence-corrected chi connectivity index (χ1v) is 18.3. The maximum atomic E-state index is 5.53. The van der Waals surface area contributed by atoms with E-state index in [0.29, 0.717) is 11.6 Å². The normalized spacial score (nSPS) is 11.8. The summed E-state index contributed by atoms with van der Waals surface area (Å²) in [6, 6.07) is 58.2. The van der Waals surface area contributed by atoms with E-state index in [1.807, 2.05) is 23.6 Å². The molecule has 0 saturated carbocycles. The first-order chi connectivity index (χ1) is 25.8. The molecule has 52 heavy (non-hydrogen) atoms. The van der Waals surface area contributed by atoms with Crippen molar-refractivity contribution in [3.63, 3.8) is 0 Å². The van der Waals surface area contributed by atoms with Gasteiger partial charge in [0.1, 0.15) is 0 Å². The van der Waals surface area contributed by atoms with E-state index in [0.717, 1.165) is 49.9 Å². The molecule has 0 atom stereocenters. The van der Waals surface area contributed by atoms with Crippen LogP contribution in [0.25, 0.3) is 103 Å². The smallest absolute Gasteiger partial charge is 0.237 e. The summed E-state index contributed by atoms with van der Waals surface area (Å²) in [6.07, 6.45) is 1.82. The van der Waals surface area contributed by atoms with Crippen LogP contribution >= 0.6 is 11.3 Å². The largest absolute Gasteiger partial charge is 0.277 e. The lowest BCUT2D eigenvalue weighted by atomic mass is 9.94. The molecule has 0 spiro atoms. The number of nitrogens with zero attached hydrogens (tertiary/aromatic N) is 4. The molecule has 0 aliphatic heterocycles. The van der Waals surface area contributed by atoms with Gasteiger partial charge in [0.2, 0.25) is 5.95 Å². The highest BCUT2D eigenvalue weighted by Gasteiger charge is 2.24. The highest BCUT2D eigenvalue weighted by Crippen LogP contribution is 2.48. The van der Waals surface area contributed by atoms with E-state index >= 15 is 0 Å². The van der Waals surface area contributed by atoms with Gasteiger partial charge in [-0.3, -0.25) is 4.57 Å².